The Morgan fingerprint density at radius 1 is 0.879 bits per heavy atom. The first-order chi connectivity index (χ1) is 15.9. The van der Waals surface area contributed by atoms with Gasteiger partial charge >= 0.3 is 0 Å². The highest BCUT2D eigenvalue weighted by Crippen LogP contribution is 2.34. The monoisotopic (exact) mass is 484 g/mol. The van der Waals surface area contributed by atoms with Gasteiger partial charge in [-0.15, -0.1) is 0 Å². The third-order valence-electron chi connectivity index (χ3n) is 4.87. The molecule has 0 bridgehead atoms. The van der Waals surface area contributed by atoms with E-state index in [2.05, 4.69) is 10.6 Å². The van der Waals surface area contributed by atoms with Crippen LogP contribution >= 0.6 is 23.2 Å². The minimum absolute atomic E-state index is 0.0838. The number of fused-ring (bicyclic) bond motifs is 1. The van der Waals surface area contributed by atoms with Gasteiger partial charge in [0.2, 0.25) is 5.76 Å². The molecule has 3 aromatic carbocycles. The Hall–Kier alpha value is -3.68. The predicted molar refractivity (Wildman–Crippen MR) is 128 cm³/mol. The second-order valence-corrected chi connectivity index (χ2v) is 7.74. The van der Waals surface area contributed by atoms with Gasteiger partial charge in [0, 0.05) is 16.5 Å². The van der Waals surface area contributed by atoms with E-state index < -0.39 is 11.8 Å². The fraction of sp³-hybridized carbons (Fsp3) is 0.0833. The number of hydrogen-bond donors (Lipinski definition) is 2. The number of furan rings is 1. The Labute approximate surface area is 199 Å². The summed E-state index contributed by atoms with van der Waals surface area (Å²) in [6, 6.07) is 16.5. The van der Waals surface area contributed by atoms with Crippen LogP contribution in [0.1, 0.15) is 20.9 Å². The Bertz CT molecular complexity index is 1370. The summed E-state index contributed by atoms with van der Waals surface area (Å²) in [5.41, 5.74) is 1.21. The molecule has 0 atom stereocenters. The fourth-order valence-corrected chi connectivity index (χ4v) is 3.77. The van der Waals surface area contributed by atoms with Gasteiger partial charge in [-0.1, -0.05) is 35.3 Å². The van der Waals surface area contributed by atoms with Crippen LogP contribution in [0.3, 0.4) is 0 Å². The molecule has 0 radical (unpaired) electrons. The Morgan fingerprint density at radius 3 is 2.39 bits per heavy atom. The van der Waals surface area contributed by atoms with Gasteiger partial charge in [0.25, 0.3) is 11.8 Å². The molecule has 1 heterocycles. The average molecular weight is 485 g/mol. The van der Waals surface area contributed by atoms with Crippen LogP contribution < -0.4 is 20.1 Å². The van der Waals surface area contributed by atoms with Gasteiger partial charge in [0.1, 0.15) is 22.8 Å². The quantitative estimate of drug-likeness (QED) is 0.337. The second-order valence-electron chi connectivity index (χ2n) is 6.90. The molecule has 0 saturated heterocycles. The van der Waals surface area contributed by atoms with Crippen molar-refractivity contribution in [3.05, 3.63) is 82.0 Å². The van der Waals surface area contributed by atoms with Gasteiger partial charge in [0.15, 0.2) is 0 Å². The predicted octanol–water partition coefficient (Wildman–Crippen LogP) is 6.26. The van der Waals surface area contributed by atoms with Crippen LogP contribution in [-0.2, 0) is 0 Å². The van der Waals surface area contributed by atoms with Crippen molar-refractivity contribution in [2.45, 2.75) is 0 Å². The molecule has 0 fully saturated rings. The van der Waals surface area contributed by atoms with Gasteiger partial charge in [-0.3, -0.25) is 9.59 Å². The van der Waals surface area contributed by atoms with Gasteiger partial charge in [-0.25, -0.2) is 0 Å². The molecule has 0 spiro atoms. The standard InChI is InChI=1S/C24H18Cl2N2O5/c1-31-14-8-10-20(32-2)18(12-14)27-24(30)22-21(16-5-3-4-6-19(16)33-22)28-23(29)15-9-7-13(25)11-17(15)26/h3-12H,1-2H3,(H,27,30)(H,28,29). The number of anilines is 2. The van der Waals surface area contributed by atoms with Gasteiger partial charge in [-0.2, -0.15) is 0 Å². The number of methoxy groups -OCH3 is 2. The molecule has 0 saturated carbocycles. The number of amides is 2. The van der Waals surface area contributed by atoms with E-state index in [-0.39, 0.29) is 22.0 Å². The van der Waals surface area contributed by atoms with E-state index in [9.17, 15) is 9.59 Å². The van der Waals surface area contributed by atoms with Crippen molar-refractivity contribution in [2.75, 3.05) is 24.9 Å². The minimum Gasteiger partial charge on any atom is -0.497 e. The zero-order chi connectivity index (χ0) is 23.5. The summed E-state index contributed by atoms with van der Waals surface area (Å²) >= 11 is 12.1. The molecule has 7 nitrogen and oxygen atoms in total. The third kappa shape index (κ3) is 4.60. The average Bonchev–Trinajstić information content (AvgIpc) is 3.17. The maximum absolute atomic E-state index is 13.2. The lowest BCUT2D eigenvalue weighted by atomic mass is 10.1. The Balaban J connectivity index is 1.72. The van der Waals surface area contributed by atoms with Gasteiger partial charge < -0.3 is 24.5 Å². The van der Waals surface area contributed by atoms with Crippen LogP contribution in [0.2, 0.25) is 10.0 Å². The highest BCUT2D eigenvalue weighted by molar-refractivity contribution is 6.37. The first-order valence-corrected chi connectivity index (χ1v) is 10.5. The molecule has 0 aliphatic heterocycles. The lowest BCUT2D eigenvalue weighted by Gasteiger charge is -2.12. The molecular formula is C24H18Cl2N2O5. The van der Waals surface area contributed by atoms with Gasteiger partial charge in [0.05, 0.1) is 30.5 Å². The van der Waals surface area contributed by atoms with Crippen LogP contribution in [0.5, 0.6) is 11.5 Å². The molecule has 33 heavy (non-hydrogen) atoms. The topological polar surface area (TPSA) is 89.8 Å². The Morgan fingerprint density at radius 2 is 1.67 bits per heavy atom. The molecule has 4 aromatic rings. The van der Waals surface area contributed by atoms with E-state index in [1.54, 1.807) is 48.5 Å². The van der Waals surface area contributed by atoms with E-state index in [1.807, 2.05) is 0 Å². The minimum atomic E-state index is -0.588. The molecule has 9 heteroatoms. The highest BCUT2D eigenvalue weighted by atomic mass is 35.5. The lowest BCUT2D eigenvalue weighted by Crippen LogP contribution is -2.17. The largest absolute Gasteiger partial charge is 0.497 e. The van der Waals surface area contributed by atoms with Crippen molar-refractivity contribution < 1.29 is 23.5 Å². The van der Waals surface area contributed by atoms with E-state index in [4.69, 9.17) is 37.1 Å². The number of halogens is 2. The number of hydrogen-bond acceptors (Lipinski definition) is 5. The number of benzene rings is 3. The summed E-state index contributed by atoms with van der Waals surface area (Å²) in [4.78, 5) is 26.2. The Kier molecular flexibility index (Phi) is 6.44. The van der Waals surface area contributed by atoms with Crippen molar-refractivity contribution in [1.29, 1.82) is 0 Å². The highest BCUT2D eigenvalue weighted by Gasteiger charge is 2.24. The van der Waals surface area contributed by atoms with Crippen molar-refractivity contribution in [3.8, 4) is 11.5 Å². The first kappa shape index (κ1) is 22.5. The summed E-state index contributed by atoms with van der Waals surface area (Å²) in [7, 11) is 3.00. The third-order valence-corrected chi connectivity index (χ3v) is 5.42. The summed E-state index contributed by atoms with van der Waals surface area (Å²) in [6.07, 6.45) is 0. The fourth-order valence-electron chi connectivity index (χ4n) is 3.27. The molecular weight excluding hydrogens is 467 g/mol. The van der Waals surface area contributed by atoms with E-state index in [0.717, 1.165) is 0 Å². The lowest BCUT2D eigenvalue weighted by molar-refractivity contribution is 0.0999. The van der Waals surface area contributed by atoms with E-state index in [1.165, 1.54) is 26.4 Å². The van der Waals surface area contributed by atoms with Crippen molar-refractivity contribution in [1.82, 2.24) is 0 Å². The molecule has 168 valence electrons. The van der Waals surface area contributed by atoms with Crippen molar-refractivity contribution in [2.24, 2.45) is 0 Å². The molecule has 4 rings (SSSR count). The van der Waals surface area contributed by atoms with Crippen LogP contribution in [-0.4, -0.2) is 26.0 Å². The van der Waals surface area contributed by atoms with E-state index >= 15 is 0 Å². The zero-order valence-corrected chi connectivity index (χ0v) is 19.1. The number of ether oxygens (including phenoxy) is 2. The van der Waals surface area contributed by atoms with Crippen LogP contribution in [0.25, 0.3) is 11.0 Å². The number of nitrogens with one attached hydrogen (secondary N) is 2. The maximum Gasteiger partial charge on any atom is 0.293 e. The summed E-state index contributed by atoms with van der Waals surface area (Å²) in [5, 5.41) is 6.64. The number of carbonyl (C=O) groups is 2. The molecule has 2 amide bonds. The van der Waals surface area contributed by atoms with Crippen LogP contribution in [0.15, 0.2) is 65.1 Å². The second kappa shape index (κ2) is 9.44. The molecule has 2 N–H and O–H groups in total. The molecule has 0 unspecified atom stereocenters. The summed E-state index contributed by atoms with van der Waals surface area (Å²) in [5.74, 6) is -0.230. The number of rotatable bonds is 6. The van der Waals surface area contributed by atoms with Crippen molar-refractivity contribution >= 4 is 57.4 Å². The smallest absolute Gasteiger partial charge is 0.293 e. The van der Waals surface area contributed by atoms with Gasteiger partial charge in [-0.05, 0) is 42.5 Å². The molecule has 0 aliphatic carbocycles. The van der Waals surface area contributed by atoms with E-state index in [0.29, 0.717) is 33.2 Å². The van der Waals surface area contributed by atoms with Crippen molar-refractivity contribution in [3.63, 3.8) is 0 Å². The summed E-state index contributed by atoms with van der Waals surface area (Å²) in [6.45, 7) is 0. The zero-order valence-electron chi connectivity index (χ0n) is 17.6. The molecule has 0 aliphatic rings. The number of para-hydroxylation sites is 1. The maximum atomic E-state index is 13.2. The number of carbonyl (C=O) groups excluding carboxylic acids is 2. The normalized spacial score (nSPS) is 10.7. The SMILES string of the molecule is COc1ccc(OC)c(NC(=O)c2oc3ccccc3c2NC(=O)c2ccc(Cl)cc2Cl)c1. The van der Waals surface area contributed by atoms with Crippen LogP contribution in [0, 0.1) is 0 Å². The summed E-state index contributed by atoms with van der Waals surface area (Å²) < 4.78 is 16.3. The molecule has 1 aromatic heterocycles. The van der Waals surface area contributed by atoms with Crippen LogP contribution in [0.4, 0.5) is 11.4 Å². The first-order valence-electron chi connectivity index (χ1n) is 9.72.